The van der Waals surface area contributed by atoms with Crippen molar-refractivity contribution in [3.8, 4) is 0 Å². The van der Waals surface area contributed by atoms with Gasteiger partial charge in [-0.3, -0.25) is 4.79 Å². The van der Waals surface area contributed by atoms with Crippen LogP contribution in [0.1, 0.15) is 38.5 Å². The Kier molecular flexibility index (Phi) is 2.93. The summed E-state index contributed by atoms with van der Waals surface area (Å²) in [7, 11) is 0. The molecule has 2 aliphatic rings. The van der Waals surface area contributed by atoms with E-state index in [1.807, 2.05) is 0 Å². The van der Waals surface area contributed by atoms with Crippen LogP contribution in [0.4, 0.5) is 4.79 Å². The molecule has 2 N–H and O–H groups in total. The fraction of sp³-hybridized carbons (Fsp3) is 0.818. The van der Waals surface area contributed by atoms with Gasteiger partial charge in [0, 0.05) is 24.9 Å². The van der Waals surface area contributed by atoms with Gasteiger partial charge in [0.1, 0.15) is 5.78 Å². The number of hydrogen-bond donors (Lipinski definition) is 1. The molecule has 0 bridgehead atoms. The topological polar surface area (TPSA) is 63.4 Å². The number of carbonyl (C=O) groups is 2. The molecule has 1 heterocycles. The van der Waals surface area contributed by atoms with E-state index in [4.69, 9.17) is 5.73 Å². The van der Waals surface area contributed by atoms with Crippen LogP contribution in [0.15, 0.2) is 0 Å². The van der Waals surface area contributed by atoms with Gasteiger partial charge < -0.3 is 10.6 Å². The first kappa shape index (κ1) is 10.5. The predicted octanol–water partition coefficient (Wildman–Crippen LogP) is 1.29. The van der Waals surface area contributed by atoms with Gasteiger partial charge in [0.05, 0.1) is 0 Å². The maximum atomic E-state index is 11.7. The Balaban J connectivity index is 2.10. The molecule has 84 valence electrons. The molecular formula is C11H18N2O2. The number of Topliss-reactive ketones (excluding diaryl/α,β-unsaturated/α-hetero) is 1. The number of nitrogens with zero attached hydrogens (tertiary/aromatic N) is 1. The average molecular weight is 210 g/mol. The number of piperidine rings is 1. The fourth-order valence-electron chi connectivity index (χ4n) is 2.90. The highest BCUT2D eigenvalue weighted by Crippen LogP contribution is 2.32. The Morgan fingerprint density at radius 3 is 2.67 bits per heavy atom. The fourth-order valence-corrected chi connectivity index (χ4v) is 2.90. The van der Waals surface area contributed by atoms with Crippen LogP contribution in [-0.2, 0) is 4.79 Å². The molecule has 1 aliphatic carbocycles. The summed E-state index contributed by atoms with van der Waals surface area (Å²) in [5, 5.41) is 0. The largest absolute Gasteiger partial charge is 0.351 e. The third-order valence-corrected chi connectivity index (χ3v) is 3.65. The van der Waals surface area contributed by atoms with Crippen molar-refractivity contribution in [3.05, 3.63) is 0 Å². The first-order valence-corrected chi connectivity index (χ1v) is 5.79. The van der Waals surface area contributed by atoms with E-state index < -0.39 is 0 Å². The van der Waals surface area contributed by atoms with Gasteiger partial charge in [-0.05, 0) is 32.1 Å². The summed E-state index contributed by atoms with van der Waals surface area (Å²) in [5.74, 6) is 0.394. The second-order valence-corrected chi connectivity index (χ2v) is 4.56. The number of urea groups is 1. The minimum atomic E-state index is -0.362. The van der Waals surface area contributed by atoms with Crippen LogP contribution >= 0.6 is 0 Å². The minimum absolute atomic E-state index is 0.0674. The lowest BCUT2D eigenvalue weighted by Crippen LogP contribution is -2.50. The van der Waals surface area contributed by atoms with E-state index in [0.717, 1.165) is 38.6 Å². The summed E-state index contributed by atoms with van der Waals surface area (Å²) >= 11 is 0. The van der Waals surface area contributed by atoms with Gasteiger partial charge in [0.25, 0.3) is 0 Å². The first-order valence-electron chi connectivity index (χ1n) is 5.79. The molecule has 1 saturated heterocycles. The Morgan fingerprint density at radius 2 is 2.07 bits per heavy atom. The molecule has 0 aromatic rings. The number of rotatable bonds is 1. The molecule has 1 saturated carbocycles. The van der Waals surface area contributed by atoms with Crippen molar-refractivity contribution in [3.63, 3.8) is 0 Å². The second-order valence-electron chi connectivity index (χ2n) is 4.56. The van der Waals surface area contributed by atoms with Crippen LogP contribution in [-0.4, -0.2) is 29.3 Å². The number of carbonyl (C=O) groups excluding carboxylic acids is 2. The number of nitrogens with two attached hydrogens (primary N) is 1. The third-order valence-electron chi connectivity index (χ3n) is 3.65. The van der Waals surface area contributed by atoms with Crippen LogP contribution in [0.3, 0.4) is 0 Å². The molecule has 0 aromatic heterocycles. The monoisotopic (exact) mass is 210 g/mol. The van der Waals surface area contributed by atoms with Crippen molar-refractivity contribution in [2.24, 2.45) is 11.7 Å². The van der Waals surface area contributed by atoms with Crippen LogP contribution in [0, 0.1) is 5.92 Å². The Hall–Kier alpha value is -1.06. The quantitative estimate of drug-likeness (QED) is 0.708. The van der Waals surface area contributed by atoms with Crippen molar-refractivity contribution < 1.29 is 9.59 Å². The zero-order valence-corrected chi connectivity index (χ0v) is 8.95. The van der Waals surface area contributed by atoms with Crippen LogP contribution < -0.4 is 5.73 Å². The number of ketones is 1. The highest BCUT2D eigenvalue weighted by molar-refractivity contribution is 5.84. The van der Waals surface area contributed by atoms with Gasteiger partial charge in [-0.15, -0.1) is 0 Å². The summed E-state index contributed by atoms with van der Waals surface area (Å²) in [5.41, 5.74) is 5.35. The number of amides is 2. The highest BCUT2D eigenvalue weighted by atomic mass is 16.2. The van der Waals surface area contributed by atoms with Crippen molar-refractivity contribution in [2.75, 3.05) is 6.54 Å². The van der Waals surface area contributed by atoms with Crippen LogP contribution in [0.2, 0.25) is 0 Å². The lowest BCUT2D eigenvalue weighted by Gasteiger charge is -2.37. The van der Waals surface area contributed by atoms with Crippen molar-refractivity contribution in [1.82, 2.24) is 4.90 Å². The standard InChI is InChI=1S/C11H18N2O2/c12-11(15)13-7-2-1-5-9(13)8-4-3-6-10(8)14/h8-9H,1-7H2,(H2,12,15). The molecule has 0 spiro atoms. The van der Waals surface area contributed by atoms with Gasteiger partial charge in [0.2, 0.25) is 0 Å². The third kappa shape index (κ3) is 1.98. The summed E-state index contributed by atoms with van der Waals surface area (Å²) in [6, 6.07) is -0.273. The molecule has 2 rings (SSSR count). The molecular weight excluding hydrogens is 192 g/mol. The lowest BCUT2D eigenvalue weighted by molar-refractivity contribution is -0.122. The van der Waals surface area contributed by atoms with Gasteiger partial charge in [-0.1, -0.05) is 0 Å². The molecule has 0 aromatic carbocycles. The maximum absolute atomic E-state index is 11.7. The average Bonchev–Trinajstić information content (AvgIpc) is 2.64. The van der Waals surface area contributed by atoms with E-state index in [-0.39, 0.29) is 18.0 Å². The summed E-state index contributed by atoms with van der Waals surface area (Å²) in [4.78, 5) is 24.6. The van der Waals surface area contributed by atoms with Gasteiger partial charge in [-0.25, -0.2) is 4.79 Å². The molecule has 1 aliphatic heterocycles. The molecule has 15 heavy (non-hydrogen) atoms. The van der Waals surface area contributed by atoms with Gasteiger partial charge in [0.15, 0.2) is 0 Å². The van der Waals surface area contributed by atoms with E-state index in [1.54, 1.807) is 4.90 Å². The summed E-state index contributed by atoms with van der Waals surface area (Å²) in [6.07, 6.45) is 5.67. The van der Waals surface area contributed by atoms with E-state index in [0.29, 0.717) is 12.2 Å². The normalized spacial score (nSPS) is 32.0. The van der Waals surface area contributed by atoms with Crippen molar-refractivity contribution in [1.29, 1.82) is 0 Å². The molecule has 2 amide bonds. The summed E-state index contributed by atoms with van der Waals surface area (Å²) in [6.45, 7) is 0.726. The Morgan fingerprint density at radius 1 is 1.27 bits per heavy atom. The van der Waals surface area contributed by atoms with E-state index in [1.165, 1.54) is 0 Å². The molecule has 4 heteroatoms. The first-order chi connectivity index (χ1) is 7.20. The Labute approximate surface area is 89.8 Å². The predicted molar refractivity (Wildman–Crippen MR) is 56.3 cm³/mol. The smallest absolute Gasteiger partial charge is 0.315 e. The number of hydrogen-bond acceptors (Lipinski definition) is 2. The molecule has 2 atom stereocenters. The van der Waals surface area contributed by atoms with Gasteiger partial charge >= 0.3 is 6.03 Å². The van der Waals surface area contributed by atoms with Gasteiger partial charge in [-0.2, -0.15) is 0 Å². The lowest BCUT2D eigenvalue weighted by atomic mass is 9.89. The molecule has 0 radical (unpaired) electrons. The Bertz CT molecular complexity index is 276. The van der Waals surface area contributed by atoms with Crippen LogP contribution in [0.25, 0.3) is 0 Å². The number of primary amides is 1. The van der Waals surface area contributed by atoms with E-state index in [9.17, 15) is 9.59 Å². The van der Waals surface area contributed by atoms with Crippen molar-refractivity contribution >= 4 is 11.8 Å². The zero-order valence-electron chi connectivity index (χ0n) is 8.95. The second kappa shape index (κ2) is 4.21. The highest BCUT2D eigenvalue weighted by Gasteiger charge is 2.37. The van der Waals surface area contributed by atoms with E-state index in [2.05, 4.69) is 0 Å². The molecule has 4 nitrogen and oxygen atoms in total. The molecule has 2 unspecified atom stereocenters. The van der Waals surface area contributed by atoms with Crippen molar-refractivity contribution in [2.45, 2.75) is 44.6 Å². The SMILES string of the molecule is NC(=O)N1CCCCC1C1CCCC1=O. The number of likely N-dealkylation sites (tertiary alicyclic amines) is 1. The minimum Gasteiger partial charge on any atom is -0.351 e. The zero-order chi connectivity index (χ0) is 10.8. The maximum Gasteiger partial charge on any atom is 0.315 e. The summed E-state index contributed by atoms with van der Waals surface area (Å²) < 4.78 is 0. The van der Waals surface area contributed by atoms with Crippen LogP contribution in [0.5, 0.6) is 0 Å². The van der Waals surface area contributed by atoms with E-state index >= 15 is 0 Å². The molecule has 2 fully saturated rings.